The topological polar surface area (TPSA) is 51.1 Å². The molecule has 0 aromatic carbocycles. The monoisotopic (exact) mass is 422 g/mol. The van der Waals surface area contributed by atoms with Gasteiger partial charge >= 0.3 is 0 Å². The second kappa shape index (κ2) is 8.68. The molecule has 1 aliphatic heterocycles. The highest BCUT2D eigenvalue weighted by molar-refractivity contribution is 14.0. The zero-order valence-corrected chi connectivity index (χ0v) is 16.0. The Hall–Kier alpha value is -0.0800. The number of aliphatic hydroxyl groups is 1. The van der Waals surface area contributed by atoms with Gasteiger partial charge in [-0.05, 0) is 44.9 Å². The van der Waals surface area contributed by atoms with Gasteiger partial charge in [0.25, 0.3) is 0 Å². The Morgan fingerprint density at radius 1 is 1.27 bits per heavy atom. The van der Waals surface area contributed by atoms with Crippen molar-refractivity contribution in [1.82, 2.24) is 15.1 Å². The molecule has 0 bridgehead atoms. The van der Waals surface area contributed by atoms with Gasteiger partial charge < -0.3 is 15.3 Å². The number of guanidine groups is 1. The van der Waals surface area contributed by atoms with E-state index in [4.69, 9.17) is 4.99 Å². The molecular weight excluding hydrogens is 391 g/mol. The first-order chi connectivity index (χ1) is 10.3. The van der Waals surface area contributed by atoms with Gasteiger partial charge in [0.05, 0.1) is 12.6 Å². The summed E-state index contributed by atoms with van der Waals surface area (Å²) in [5.74, 6) is 1.95. The van der Waals surface area contributed by atoms with E-state index >= 15 is 0 Å². The molecule has 22 heavy (non-hydrogen) atoms. The zero-order chi connectivity index (χ0) is 14.7. The van der Waals surface area contributed by atoms with E-state index in [0.29, 0.717) is 0 Å². The van der Waals surface area contributed by atoms with E-state index in [-0.39, 0.29) is 30.1 Å². The molecule has 0 aromatic heterocycles. The first-order valence-electron chi connectivity index (χ1n) is 8.71. The summed E-state index contributed by atoms with van der Waals surface area (Å²) in [6.07, 6.45) is 6.30. The van der Waals surface area contributed by atoms with E-state index in [2.05, 4.69) is 22.0 Å². The van der Waals surface area contributed by atoms with Gasteiger partial charge in [-0.1, -0.05) is 0 Å². The van der Waals surface area contributed by atoms with Gasteiger partial charge in [-0.2, -0.15) is 0 Å². The van der Waals surface area contributed by atoms with Crippen LogP contribution >= 0.6 is 24.0 Å². The minimum absolute atomic E-state index is 0. The first-order valence-corrected chi connectivity index (χ1v) is 8.71. The van der Waals surface area contributed by atoms with Gasteiger partial charge in [-0.3, -0.25) is 9.89 Å². The van der Waals surface area contributed by atoms with Crippen molar-refractivity contribution in [3.8, 4) is 0 Å². The average Bonchev–Trinajstić information content (AvgIpc) is 3.37. The standard InChI is InChI=1S/C16H30N4O.HI/c1-2-17-16(20-9-7-15(21)12-20)18-8-10-19(14-5-6-14)11-13-3-4-13;/h13-15,21H,2-12H2,1H3,(H,17,18);1H/t15-;/m1./s1. The predicted molar refractivity (Wildman–Crippen MR) is 101 cm³/mol. The lowest BCUT2D eigenvalue weighted by molar-refractivity contribution is 0.187. The third-order valence-corrected chi connectivity index (χ3v) is 4.70. The maximum absolute atomic E-state index is 9.68. The normalized spacial score (nSPS) is 25.5. The summed E-state index contributed by atoms with van der Waals surface area (Å²) in [6.45, 7) is 7.89. The molecule has 2 aliphatic carbocycles. The number of hydrogen-bond acceptors (Lipinski definition) is 3. The second-order valence-electron chi connectivity index (χ2n) is 6.79. The van der Waals surface area contributed by atoms with Crippen molar-refractivity contribution in [3.63, 3.8) is 0 Å². The molecule has 1 heterocycles. The van der Waals surface area contributed by atoms with Crippen LogP contribution in [0.5, 0.6) is 0 Å². The maximum atomic E-state index is 9.68. The van der Waals surface area contributed by atoms with Crippen LogP contribution in [0.2, 0.25) is 0 Å². The van der Waals surface area contributed by atoms with Gasteiger partial charge in [0.1, 0.15) is 0 Å². The smallest absolute Gasteiger partial charge is 0.194 e. The first kappa shape index (κ1) is 18.3. The molecule has 3 aliphatic rings. The molecule has 3 rings (SSSR count). The summed E-state index contributed by atoms with van der Waals surface area (Å²) < 4.78 is 0. The van der Waals surface area contributed by atoms with E-state index in [9.17, 15) is 5.11 Å². The van der Waals surface area contributed by atoms with Crippen molar-refractivity contribution in [2.24, 2.45) is 10.9 Å². The Bertz CT molecular complexity index is 371. The Morgan fingerprint density at radius 3 is 2.59 bits per heavy atom. The molecule has 3 fully saturated rings. The number of likely N-dealkylation sites (tertiary alicyclic amines) is 1. The molecule has 128 valence electrons. The SMILES string of the molecule is CCNC(=NCCN(CC1CC1)C1CC1)N1CC[C@@H](O)C1.I. The van der Waals surface area contributed by atoms with Gasteiger partial charge in [-0.25, -0.2) is 0 Å². The van der Waals surface area contributed by atoms with Crippen LogP contribution in [-0.2, 0) is 0 Å². The molecule has 6 heteroatoms. The van der Waals surface area contributed by atoms with Crippen LogP contribution < -0.4 is 5.32 Å². The summed E-state index contributed by atoms with van der Waals surface area (Å²) >= 11 is 0. The lowest BCUT2D eigenvalue weighted by Crippen LogP contribution is -2.41. The number of rotatable bonds is 7. The number of aliphatic hydroxyl groups excluding tert-OH is 1. The highest BCUT2D eigenvalue weighted by Crippen LogP contribution is 2.34. The van der Waals surface area contributed by atoms with Crippen LogP contribution in [0.1, 0.15) is 39.0 Å². The van der Waals surface area contributed by atoms with E-state index in [1.807, 2.05) is 0 Å². The quantitative estimate of drug-likeness (QED) is 0.371. The summed E-state index contributed by atoms with van der Waals surface area (Å²) in [5.41, 5.74) is 0. The van der Waals surface area contributed by atoms with Crippen LogP contribution in [0.25, 0.3) is 0 Å². The third kappa shape index (κ3) is 5.53. The lowest BCUT2D eigenvalue weighted by atomic mass is 10.3. The molecule has 0 aromatic rings. The fourth-order valence-electron chi connectivity index (χ4n) is 3.14. The summed E-state index contributed by atoms with van der Waals surface area (Å²) in [7, 11) is 0. The minimum atomic E-state index is -0.188. The average molecular weight is 422 g/mol. The van der Waals surface area contributed by atoms with Crippen molar-refractivity contribution < 1.29 is 5.11 Å². The van der Waals surface area contributed by atoms with Crippen molar-refractivity contribution in [3.05, 3.63) is 0 Å². The number of nitrogens with one attached hydrogen (secondary N) is 1. The van der Waals surface area contributed by atoms with E-state index in [1.54, 1.807) is 0 Å². The number of halogens is 1. The predicted octanol–water partition coefficient (Wildman–Crippen LogP) is 1.51. The van der Waals surface area contributed by atoms with Crippen molar-refractivity contribution in [2.75, 3.05) is 39.3 Å². The fourth-order valence-corrected chi connectivity index (χ4v) is 3.14. The van der Waals surface area contributed by atoms with Crippen molar-refractivity contribution in [1.29, 1.82) is 0 Å². The van der Waals surface area contributed by atoms with Crippen LogP contribution in [-0.4, -0.2) is 72.3 Å². The summed E-state index contributed by atoms with van der Waals surface area (Å²) in [4.78, 5) is 9.63. The molecular formula is C16H31IN4O. The van der Waals surface area contributed by atoms with Crippen molar-refractivity contribution >= 4 is 29.9 Å². The van der Waals surface area contributed by atoms with E-state index in [1.165, 1.54) is 32.2 Å². The minimum Gasteiger partial charge on any atom is -0.391 e. The Morgan fingerprint density at radius 2 is 2.05 bits per heavy atom. The Balaban J connectivity index is 0.00000176. The maximum Gasteiger partial charge on any atom is 0.194 e. The molecule has 5 nitrogen and oxygen atoms in total. The lowest BCUT2D eigenvalue weighted by Gasteiger charge is -2.23. The van der Waals surface area contributed by atoms with Gasteiger partial charge in [0.15, 0.2) is 5.96 Å². The molecule has 0 unspecified atom stereocenters. The number of hydrogen-bond donors (Lipinski definition) is 2. The second-order valence-corrected chi connectivity index (χ2v) is 6.79. The van der Waals surface area contributed by atoms with Crippen LogP contribution in [0, 0.1) is 5.92 Å². The zero-order valence-electron chi connectivity index (χ0n) is 13.7. The molecule has 1 saturated heterocycles. The molecule has 1 atom stereocenters. The molecule has 0 amide bonds. The van der Waals surface area contributed by atoms with Crippen LogP contribution in [0.15, 0.2) is 4.99 Å². The summed E-state index contributed by atoms with van der Waals surface area (Å²) in [5, 5.41) is 13.0. The van der Waals surface area contributed by atoms with Crippen LogP contribution in [0.3, 0.4) is 0 Å². The number of aliphatic imine (C=N–C) groups is 1. The summed E-state index contributed by atoms with van der Waals surface area (Å²) in [6, 6.07) is 0.844. The van der Waals surface area contributed by atoms with E-state index < -0.39 is 0 Å². The van der Waals surface area contributed by atoms with Crippen LogP contribution in [0.4, 0.5) is 0 Å². The Labute approximate surface area is 151 Å². The van der Waals surface area contributed by atoms with Gasteiger partial charge in [0, 0.05) is 38.8 Å². The Kier molecular flexibility index (Phi) is 7.21. The highest BCUT2D eigenvalue weighted by atomic mass is 127. The fraction of sp³-hybridized carbons (Fsp3) is 0.938. The molecule has 0 spiro atoms. The van der Waals surface area contributed by atoms with E-state index in [0.717, 1.165) is 57.1 Å². The van der Waals surface area contributed by atoms with Gasteiger partial charge in [0.2, 0.25) is 0 Å². The molecule has 0 radical (unpaired) electrons. The molecule has 2 N–H and O–H groups in total. The van der Waals surface area contributed by atoms with Crippen molar-refractivity contribution in [2.45, 2.75) is 51.2 Å². The highest BCUT2D eigenvalue weighted by Gasteiger charge is 2.33. The largest absolute Gasteiger partial charge is 0.391 e. The number of β-amino-alcohol motifs (C(OH)–C–C–N with tert-alkyl or cyclic N) is 1. The number of nitrogens with zero attached hydrogens (tertiary/aromatic N) is 3. The third-order valence-electron chi connectivity index (χ3n) is 4.70. The van der Waals surface area contributed by atoms with Gasteiger partial charge in [-0.15, -0.1) is 24.0 Å². The molecule has 2 saturated carbocycles.